The van der Waals surface area contributed by atoms with Gasteiger partial charge in [0.1, 0.15) is 0 Å². The van der Waals surface area contributed by atoms with Crippen molar-refractivity contribution in [2.75, 3.05) is 19.7 Å². The Kier molecular flexibility index (Phi) is 14.6. The number of ketones is 1. The number of carbonyl (C=O) groups excluding carboxylic acids is 1. The molecule has 2 unspecified atom stereocenters. The highest BCUT2D eigenvalue weighted by atomic mass is 19.4. The number of aliphatic hydroxyl groups excluding tert-OH is 1. The van der Waals surface area contributed by atoms with Crippen molar-refractivity contribution in [2.45, 2.75) is 107 Å². The molecule has 1 aromatic carbocycles. The highest BCUT2D eigenvalue weighted by molar-refractivity contribution is 6.26. The molecule has 0 amide bonds. The minimum Gasteiger partial charge on any atom is -0.396 e. The van der Waals surface area contributed by atoms with Crippen molar-refractivity contribution < 1.29 is 23.1 Å². The smallest absolute Gasteiger partial charge is 0.396 e. The zero-order valence-electron chi connectivity index (χ0n) is 28.2. The van der Waals surface area contributed by atoms with Gasteiger partial charge in [-0.1, -0.05) is 82.4 Å². The van der Waals surface area contributed by atoms with Gasteiger partial charge in [-0.25, -0.2) is 0 Å². The van der Waals surface area contributed by atoms with E-state index in [0.29, 0.717) is 29.9 Å². The maximum absolute atomic E-state index is 12.5. The molecule has 0 saturated heterocycles. The van der Waals surface area contributed by atoms with Crippen molar-refractivity contribution in [3.8, 4) is 0 Å². The van der Waals surface area contributed by atoms with Crippen LogP contribution in [0.15, 0.2) is 63.8 Å². The largest absolute Gasteiger partial charge is 0.416 e. The summed E-state index contributed by atoms with van der Waals surface area (Å²) in [7, 11) is 0. The van der Waals surface area contributed by atoms with Gasteiger partial charge in [-0.3, -0.25) is 9.79 Å². The summed E-state index contributed by atoms with van der Waals surface area (Å²) in [6.45, 7) is 18.6. The lowest BCUT2D eigenvalue weighted by Crippen LogP contribution is -2.31. The van der Waals surface area contributed by atoms with Gasteiger partial charge in [0.15, 0.2) is 5.78 Å². The zero-order valence-corrected chi connectivity index (χ0v) is 28.2. The lowest BCUT2D eigenvalue weighted by Gasteiger charge is -2.31. The minimum absolute atomic E-state index is 0.181. The van der Waals surface area contributed by atoms with Crippen LogP contribution in [-0.4, -0.2) is 36.3 Å². The molecule has 1 aliphatic carbocycles. The molecule has 4 nitrogen and oxygen atoms in total. The SMILES string of the molecule is CCCC(C)C1=C(C)C(C)(C2=NCC(C3CC3)=C2C(C)=O)C=CNC1.CCCC[C@H](C)CO.Cc1cccc(C(F)(F)F)c1. The predicted molar refractivity (Wildman–Crippen MR) is 177 cm³/mol. The van der Waals surface area contributed by atoms with E-state index in [2.05, 4.69) is 59.1 Å². The van der Waals surface area contributed by atoms with Crippen molar-refractivity contribution in [2.24, 2.45) is 28.2 Å². The molecule has 2 aliphatic heterocycles. The summed E-state index contributed by atoms with van der Waals surface area (Å²) in [5, 5.41) is 12.0. The van der Waals surface area contributed by atoms with Gasteiger partial charge in [0, 0.05) is 18.7 Å². The van der Waals surface area contributed by atoms with E-state index in [9.17, 15) is 18.0 Å². The van der Waals surface area contributed by atoms with E-state index in [1.165, 1.54) is 67.7 Å². The Labute approximate surface area is 264 Å². The molecule has 2 N–H and O–H groups in total. The van der Waals surface area contributed by atoms with Crippen LogP contribution in [0, 0.1) is 30.1 Å². The van der Waals surface area contributed by atoms with Gasteiger partial charge in [0.25, 0.3) is 0 Å². The molecule has 0 aromatic heterocycles. The van der Waals surface area contributed by atoms with E-state index in [0.717, 1.165) is 36.5 Å². The molecule has 1 aromatic rings. The molecule has 3 atom stereocenters. The Morgan fingerprint density at radius 2 is 1.82 bits per heavy atom. The highest BCUT2D eigenvalue weighted by Gasteiger charge is 2.42. The van der Waals surface area contributed by atoms with Gasteiger partial charge >= 0.3 is 6.18 Å². The van der Waals surface area contributed by atoms with Crippen molar-refractivity contribution >= 4 is 11.5 Å². The summed E-state index contributed by atoms with van der Waals surface area (Å²) in [6, 6.07) is 5.22. The van der Waals surface area contributed by atoms with Crippen molar-refractivity contribution in [1.29, 1.82) is 0 Å². The number of halogens is 3. The second-order valence-corrected chi connectivity index (χ2v) is 12.9. The van der Waals surface area contributed by atoms with Crippen LogP contribution in [0.4, 0.5) is 13.2 Å². The number of Topliss-reactive ketones (excluding diaryl/α,β-unsaturated/α-hetero) is 1. The number of aryl methyl sites for hydroxylation is 1. The van der Waals surface area contributed by atoms with E-state index in [-0.39, 0.29) is 11.2 Å². The topological polar surface area (TPSA) is 61.7 Å². The van der Waals surface area contributed by atoms with Crippen LogP contribution in [-0.2, 0) is 11.0 Å². The summed E-state index contributed by atoms with van der Waals surface area (Å²) < 4.78 is 35.9. The van der Waals surface area contributed by atoms with Gasteiger partial charge in [-0.15, -0.1) is 0 Å². The number of alkyl halides is 3. The van der Waals surface area contributed by atoms with Crippen LogP contribution < -0.4 is 5.32 Å². The third-order valence-electron chi connectivity index (χ3n) is 8.99. The number of nitrogens with zero attached hydrogens (tertiary/aromatic N) is 1. The zero-order chi connectivity index (χ0) is 33.1. The average Bonchev–Trinajstić information content (AvgIpc) is 3.74. The number of unbranched alkanes of at least 4 members (excludes halogenated alkanes) is 1. The van der Waals surface area contributed by atoms with E-state index in [1.54, 1.807) is 19.9 Å². The number of benzene rings is 1. The summed E-state index contributed by atoms with van der Waals surface area (Å²) in [5.74, 6) is 1.83. The third kappa shape index (κ3) is 10.5. The third-order valence-corrected chi connectivity index (χ3v) is 8.99. The Bertz CT molecular complexity index is 1220. The van der Waals surface area contributed by atoms with Crippen LogP contribution >= 0.6 is 0 Å². The Hall–Kier alpha value is -2.67. The van der Waals surface area contributed by atoms with E-state index in [4.69, 9.17) is 10.1 Å². The predicted octanol–water partition coefficient (Wildman–Crippen LogP) is 9.43. The van der Waals surface area contributed by atoms with Crippen LogP contribution in [0.2, 0.25) is 0 Å². The summed E-state index contributed by atoms with van der Waals surface area (Å²) in [4.78, 5) is 17.4. The highest BCUT2D eigenvalue weighted by Crippen LogP contribution is 2.46. The number of nitrogens with one attached hydrogen (secondary N) is 1. The number of rotatable bonds is 10. The summed E-state index contributed by atoms with van der Waals surface area (Å²) >= 11 is 0. The first-order valence-electron chi connectivity index (χ1n) is 16.4. The van der Waals surface area contributed by atoms with Crippen LogP contribution in [0.25, 0.3) is 0 Å². The lowest BCUT2D eigenvalue weighted by molar-refractivity contribution is -0.137. The Balaban J connectivity index is 0.000000292. The average molecular weight is 617 g/mol. The molecular formula is C37H55F3N2O2. The number of aliphatic hydroxyl groups is 1. The number of allylic oxidation sites excluding steroid dienone is 3. The fourth-order valence-electron chi connectivity index (χ4n) is 5.91. The first-order chi connectivity index (χ1) is 20.7. The van der Waals surface area contributed by atoms with Gasteiger partial charge < -0.3 is 10.4 Å². The molecule has 3 aliphatic rings. The van der Waals surface area contributed by atoms with Crippen LogP contribution in [0.1, 0.15) is 105 Å². The fourth-order valence-corrected chi connectivity index (χ4v) is 5.91. The molecule has 44 heavy (non-hydrogen) atoms. The fraction of sp³-hybridized carbons (Fsp3) is 0.622. The molecule has 2 heterocycles. The Morgan fingerprint density at radius 3 is 2.32 bits per heavy atom. The number of aliphatic imine (C=N–C) groups is 1. The monoisotopic (exact) mass is 616 g/mol. The number of hydrogen-bond donors (Lipinski definition) is 2. The molecule has 246 valence electrons. The standard InChI is InChI=1S/C22H32N2O.C8H7F3.C7H16O/c1-6-7-14(2)18-12-23-11-10-22(5,15(18)3)21-20(16(4)25)19(13-24-21)17-8-9-17;1-6-3-2-4-7(5-6)8(9,10)11;1-3-4-5-7(2)6-8/h10-11,14,17,23H,6-9,12-13H2,1-5H3;2-5H,1H3;7-8H,3-6H2,1-2H3/t;;7-/m..0/s1. The van der Waals surface area contributed by atoms with Crippen molar-refractivity contribution in [3.63, 3.8) is 0 Å². The maximum atomic E-state index is 12.5. The first kappa shape index (κ1) is 37.5. The van der Waals surface area contributed by atoms with Gasteiger partial charge in [-0.05, 0) is 94.5 Å². The number of hydrogen-bond acceptors (Lipinski definition) is 4. The molecular weight excluding hydrogens is 561 g/mol. The Morgan fingerprint density at radius 1 is 1.14 bits per heavy atom. The molecule has 4 rings (SSSR count). The van der Waals surface area contributed by atoms with E-state index < -0.39 is 11.7 Å². The van der Waals surface area contributed by atoms with Crippen molar-refractivity contribution in [1.82, 2.24) is 5.32 Å². The minimum atomic E-state index is -4.22. The normalized spacial score (nSPS) is 21.3. The quantitative estimate of drug-likeness (QED) is 0.258. The molecule has 0 bridgehead atoms. The molecule has 7 heteroatoms. The second kappa shape index (κ2) is 17.1. The van der Waals surface area contributed by atoms with E-state index in [1.807, 2.05) is 0 Å². The lowest BCUT2D eigenvalue weighted by atomic mass is 9.71. The van der Waals surface area contributed by atoms with Gasteiger partial charge in [-0.2, -0.15) is 13.2 Å². The summed E-state index contributed by atoms with van der Waals surface area (Å²) in [6.07, 6.45) is 8.54. The maximum Gasteiger partial charge on any atom is 0.416 e. The van der Waals surface area contributed by atoms with Gasteiger partial charge in [0.05, 0.1) is 23.2 Å². The first-order valence-corrected chi connectivity index (χ1v) is 16.4. The van der Waals surface area contributed by atoms with E-state index >= 15 is 0 Å². The second-order valence-electron chi connectivity index (χ2n) is 12.9. The van der Waals surface area contributed by atoms with Crippen molar-refractivity contribution in [3.05, 3.63) is 70.0 Å². The molecule has 1 fully saturated rings. The molecule has 0 radical (unpaired) electrons. The molecule has 0 spiro atoms. The molecule has 1 saturated carbocycles. The summed E-state index contributed by atoms with van der Waals surface area (Å²) in [5.41, 5.74) is 5.81. The van der Waals surface area contributed by atoms with Crippen LogP contribution in [0.5, 0.6) is 0 Å². The number of carbonyl (C=O) groups is 1. The van der Waals surface area contributed by atoms with Crippen LogP contribution in [0.3, 0.4) is 0 Å². The van der Waals surface area contributed by atoms with Gasteiger partial charge in [0.2, 0.25) is 0 Å².